The van der Waals surface area contributed by atoms with Gasteiger partial charge in [0, 0.05) is 18.0 Å². The normalized spacial score (nSPS) is 20.0. The van der Waals surface area contributed by atoms with Gasteiger partial charge in [0.2, 0.25) is 6.10 Å². The first-order chi connectivity index (χ1) is 12.7. The fourth-order valence-corrected chi connectivity index (χ4v) is 3.71. The van der Waals surface area contributed by atoms with E-state index in [2.05, 4.69) is 5.16 Å². The predicted octanol–water partition coefficient (Wildman–Crippen LogP) is 3.88. The van der Waals surface area contributed by atoms with E-state index in [-0.39, 0.29) is 17.8 Å². The van der Waals surface area contributed by atoms with Crippen LogP contribution in [-0.2, 0) is 16.2 Å². The maximum atomic E-state index is 13.4. The Bertz CT molecular complexity index is 797. The van der Waals surface area contributed by atoms with Crippen molar-refractivity contribution in [1.82, 2.24) is 4.90 Å². The Balaban J connectivity index is 1.48. The Morgan fingerprint density at radius 2 is 2.08 bits per heavy atom. The van der Waals surface area contributed by atoms with Gasteiger partial charge in [-0.15, -0.1) is 0 Å². The van der Waals surface area contributed by atoms with Crippen molar-refractivity contribution in [2.75, 3.05) is 0 Å². The molecule has 4 rings (SSSR count). The number of nitrogens with zero attached hydrogens (tertiary/aromatic N) is 2. The molecule has 0 spiro atoms. The van der Waals surface area contributed by atoms with Gasteiger partial charge in [-0.2, -0.15) is 0 Å². The van der Waals surface area contributed by atoms with E-state index in [1.54, 1.807) is 18.4 Å². The Morgan fingerprint density at radius 3 is 2.81 bits per heavy atom. The first-order valence-corrected chi connectivity index (χ1v) is 9.02. The quantitative estimate of drug-likeness (QED) is 0.817. The first-order valence-electron chi connectivity index (χ1n) is 9.02. The van der Waals surface area contributed by atoms with E-state index in [1.807, 2.05) is 17.0 Å². The largest absolute Gasteiger partial charge is 0.467 e. The van der Waals surface area contributed by atoms with Crippen LogP contribution < -0.4 is 0 Å². The van der Waals surface area contributed by atoms with Crippen LogP contribution in [0.15, 0.2) is 52.2 Å². The number of carbonyl (C=O) groups is 1. The van der Waals surface area contributed by atoms with Crippen molar-refractivity contribution >= 4 is 11.6 Å². The van der Waals surface area contributed by atoms with Crippen molar-refractivity contribution in [2.24, 2.45) is 5.16 Å². The van der Waals surface area contributed by atoms with Crippen molar-refractivity contribution in [3.8, 4) is 0 Å². The van der Waals surface area contributed by atoms with E-state index in [1.165, 1.54) is 12.1 Å². The summed E-state index contributed by atoms with van der Waals surface area (Å²) in [6, 6.07) is 10.1. The van der Waals surface area contributed by atoms with Crippen LogP contribution in [0.2, 0.25) is 0 Å². The molecule has 1 saturated carbocycles. The molecule has 136 valence electrons. The number of hydrogen-bond donors (Lipinski definition) is 0. The molecule has 0 radical (unpaired) electrons. The van der Waals surface area contributed by atoms with Gasteiger partial charge in [0.15, 0.2) is 0 Å². The summed E-state index contributed by atoms with van der Waals surface area (Å²) in [5.41, 5.74) is 1.26. The summed E-state index contributed by atoms with van der Waals surface area (Å²) >= 11 is 0. The average Bonchev–Trinajstić information content (AvgIpc) is 3.41. The molecule has 5 nitrogen and oxygen atoms in total. The Hall–Kier alpha value is -2.63. The summed E-state index contributed by atoms with van der Waals surface area (Å²) in [4.78, 5) is 20.4. The van der Waals surface area contributed by atoms with Gasteiger partial charge in [-0.05, 0) is 37.1 Å². The summed E-state index contributed by atoms with van der Waals surface area (Å²) in [6.07, 6.45) is 5.55. The molecule has 0 unspecified atom stereocenters. The average molecular weight is 356 g/mol. The molecule has 1 aromatic carbocycles. The zero-order chi connectivity index (χ0) is 17.9. The van der Waals surface area contributed by atoms with Gasteiger partial charge in [0.1, 0.15) is 11.6 Å². The molecule has 1 fully saturated rings. The number of rotatable bonds is 5. The van der Waals surface area contributed by atoms with Crippen LogP contribution in [0.1, 0.15) is 43.4 Å². The van der Waals surface area contributed by atoms with Crippen molar-refractivity contribution in [3.63, 3.8) is 0 Å². The lowest BCUT2D eigenvalue weighted by Gasteiger charge is -2.29. The van der Waals surface area contributed by atoms with Crippen LogP contribution in [0, 0.1) is 5.82 Å². The second-order valence-electron chi connectivity index (χ2n) is 6.83. The van der Waals surface area contributed by atoms with Crippen LogP contribution >= 0.6 is 0 Å². The number of carbonyl (C=O) groups excluding carboxylic acids is 1. The van der Waals surface area contributed by atoms with Crippen molar-refractivity contribution < 1.29 is 18.4 Å². The maximum Gasteiger partial charge on any atom is 0.267 e. The molecule has 6 heteroatoms. The predicted molar refractivity (Wildman–Crippen MR) is 93.9 cm³/mol. The fraction of sp³-hybridized carbons (Fsp3) is 0.400. The highest BCUT2D eigenvalue weighted by Crippen LogP contribution is 2.28. The highest BCUT2D eigenvalue weighted by molar-refractivity contribution is 6.04. The summed E-state index contributed by atoms with van der Waals surface area (Å²) in [6.45, 7) is 0.436. The second kappa shape index (κ2) is 7.32. The highest BCUT2D eigenvalue weighted by Gasteiger charge is 2.36. The molecule has 2 aromatic rings. The molecule has 1 amide bonds. The third-order valence-electron chi connectivity index (χ3n) is 5.06. The second-order valence-corrected chi connectivity index (χ2v) is 6.83. The topological polar surface area (TPSA) is 55.0 Å². The zero-order valence-electron chi connectivity index (χ0n) is 14.4. The van der Waals surface area contributed by atoms with Gasteiger partial charge in [0.05, 0.1) is 18.5 Å². The van der Waals surface area contributed by atoms with Gasteiger partial charge in [-0.3, -0.25) is 4.79 Å². The molecule has 1 aliphatic carbocycles. The number of amides is 1. The molecule has 2 aliphatic rings. The maximum absolute atomic E-state index is 13.4. The summed E-state index contributed by atoms with van der Waals surface area (Å²) in [7, 11) is 0. The number of benzene rings is 1. The number of halogens is 1. The minimum absolute atomic E-state index is 0.0801. The molecule has 0 N–H and O–H groups in total. The van der Waals surface area contributed by atoms with Crippen molar-refractivity contribution in [1.29, 1.82) is 0 Å². The monoisotopic (exact) mass is 356 g/mol. The van der Waals surface area contributed by atoms with Crippen LogP contribution in [0.25, 0.3) is 0 Å². The van der Waals surface area contributed by atoms with Crippen molar-refractivity contribution in [2.45, 2.75) is 50.8 Å². The smallest absolute Gasteiger partial charge is 0.267 e. The van der Waals surface area contributed by atoms with Crippen LogP contribution in [0.3, 0.4) is 0 Å². The van der Waals surface area contributed by atoms with Crippen molar-refractivity contribution in [3.05, 3.63) is 59.8 Å². The first kappa shape index (κ1) is 16.8. The van der Waals surface area contributed by atoms with E-state index in [4.69, 9.17) is 9.25 Å². The van der Waals surface area contributed by atoms with Gasteiger partial charge in [-0.1, -0.05) is 30.1 Å². The molecular formula is C20H21FN2O3. The van der Waals surface area contributed by atoms with E-state index >= 15 is 0 Å². The molecule has 0 saturated heterocycles. The van der Waals surface area contributed by atoms with Gasteiger partial charge >= 0.3 is 0 Å². The Labute approximate surface area is 151 Å². The Morgan fingerprint density at radius 1 is 1.23 bits per heavy atom. The Kier molecular flexibility index (Phi) is 4.73. The zero-order valence-corrected chi connectivity index (χ0v) is 14.4. The van der Waals surface area contributed by atoms with E-state index < -0.39 is 6.10 Å². The number of oxime groups is 1. The number of furan rings is 1. The lowest BCUT2D eigenvalue weighted by atomic mass is 10.0. The summed E-state index contributed by atoms with van der Waals surface area (Å²) in [5, 5.41) is 4.03. The third kappa shape index (κ3) is 3.49. The summed E-state index contributed by atoms with van der Waals surface area (Å²) in [5.74, 6) is 0.350. The molecule has 26 heavy (non-hydrogen) atoms. The number of hydrogen-bond acceptors (Lipinski definition) is 4. The highest BCUT2D eigenvalue weighted by atomic mass is 19.1. The minimum Gasteiger partial charge on any atom is -0.467 e. The van der Waals surface area contributed by atoms with Gasteiger partial charge < -0.3 is 14.2 Å². The third-order valence-corrected chi connectivity index (χ3v) is 5.06. The molecule has 2 heterocycles. The SMILES string of the molecule is O=C([C@H]1CC(c2cccc(F)c2)=NO1)N(Cc1ccco1)C1CCCC1. The van der Waals surface area contributed by atoms with E-state index in [0.717, 1.165) is 31.4 Å². The van der Waals surface area contributed by atoms with Crippen LogP contribution in [-0.4, -0.2) is 28.7 Å². The van der Waals surface area contributed by atoms with Gasteiger partial charge in [0.25, 0.3) is 5.91 Å². The lowest BCUT2D eigenvalue weighted by Crippen LogP contribution is -2.44. The summed E-state index contributed by atoms with van der Waals surface area (Å²) < 4.78 is 18.9. The lowest BCUT2D eigenvalue weighted by molar-refractivity contribution is -0.145. The molecule has 0 bridgehead atoms. The van der Waals surface area contributed by atoms with E-state index in [0.29, 0.717) is 24.2 Å². The fourth-order valence-electron chi connectivity index (χ4n) is 3.71. The molecule has 1 atom stereocenters. The van der Waals surface area contributed by atoms with Crippen LogP contribution in [0.5, 0.6) is 0 Å². The van der Waals surface area contributed by atoms with E-state index in [9.17, 15) is 9.18 Å². The van der Waals surface area contributed by atoms with Gasteiger partial charge in [-0.25, -0.2) is 4.39 Å². The molecule has 1 aliphatic heterocycles. The molecule has 1 aromatic heterocycles. The molecular weight excluding hydrogens is 335 g/mol. The minimum atomic E-state index is -0.663. The van der Waals surface area contributed by atoms with Crippen LogP contribution in [0.4, 0.5) is 4.39 Å². The standard InChI is InChI=1S/C20H21FN2O3/c21-15-6-3-5-14(11-15)18-12-19(26-22-18)20(24)23(16-7-1-2-8-16)13-17-9-4-10-25-17/h3-6,9-11,16,19H,1-2,7-8,12-13H2/t19-/m1/s1.